The smallest absolute Gasteiger partial charge is 0.246 e. The predicted molar refractivity (Wildman–Crippen MR) is 62.7 cm³/mol. The zero-order valence-electron chi connectivity index (χ0n) is 10.5. The first-order valence-corrected chi connectivity index (χ1v) is 5.86. The number of rotatable bonds is 8. The molecule has 0 aromatic heterocycles. The molecule has 0 rings (SSSR count). The fourth-order valence-electron chi connectivity index (χ4n) is 1.13. The van der Waals surface area contributed by atoms with E-state index in [-0.39, 0.29) is 12.5 Å². The van der Waals surface area contributed by atoms with E-state index in [0.29, 0.717) is 18.4 Å². The molecule has 0 bridgehead atoms. The molecule has 0 fully saturated rings. The number of hydrogen-bond donors (Lipinski definition) is 1. The quantitative estimate of drug-likeness (QED) is 0.630. The van der Waals surface area contributed by atoms with E-state index in [9.17, 15) is 4.79 Å². The van der Waals surface area contributed by atoms with Crippen molar-refractivity contribution in [3.8, 4) is 0 Å². The van der Waals surface area contributed by atoms with Crippen LogP contribution in [0.2, 0.25) is 0 Å². The van der Waals surface area contributed by atoms with Crippen molar-refractivity contribution in [1.82, 2.24) is 5.32 Å². The summed E-state index contributed by atoms with van der Waals surface area (Å²) in [7, 11) is 0. The van der Waals surface area contributed by atoms with Crippen molar-refractivity contribution >= 4 is 5.91 Å². The van der Waals surface area contributed by atoms with Crippen molar-refractivity contribution in [3.63, 3.8) is 0 Å². The van der Waals surface area contributed by atoms with Crippen LogP contribution in [0.25, 0.3) is 0 Å². The van der Waals surface area contributed by atoms with Crippen LogP contribution in [0.15, 0.2) is 0 Å². The van der Waals surface area contributed by atoms with Gasteiger partial charge in [-0.2, -0.15) is 0 Å². The van der Waals surface area contributed by atoms with Gasteiger partial charge in [-0.15, -0.1) is 0 Å². The molecule has 1 N–H and O–H groups in total. The molecule has 0 heterocycles. The molecule has 3 heteroatoms. The highest BCUT2D eigenvalue weighted by molar-refractivity contribution is 5.77. The Morgan fingerprint density at radius 1 is 1.20 bits per heavy atom. The van der Waals surface area contributed by atoms with Crippen molar-refractivity contribution in [2.45, 2.75) is 40.5 Å². The average molecular weight is 215 g/mol. The molecule has 0 aromatic rings. The van der Waals surface area contributed by atoms with Crippen LogP contribution in [0.4, 0.5) is 0 Å². The number of carbonyl (C=O) groups is 1. The fourth-order valence-corrected chi connectivity index (χ4v) is 1.13. The summed E-state index contributed by atoms with van der Waals surface area (Å²) in [6.07, 6.45) is 2.20. The molecule has 0 aliphatic carbocycles. The van der Waals surface area contributed by atoms with Crippen LogP contribution in [0.5, 0.6) is 0 Å². The minimum atomic E-state index is -0.00625. The van der Waals surface area contributed by atoms with E-state index in [1.807, 2.05) is 0 Å². The highest BCUT2D eigenvalue weighted by atomic mass is 16.5. The summed E-state index contributed by atoms with van der Waals surface area (Å²) in [5.74, 6) is 1.20. The van der Waals surface area contributed by atoms with Crippen molar-refractivity contribution in [3.05, 3.63) is 0 Å². The topological polar surface area (TPSA) is 38.3 Å². The lowest BCUT2D eigenvalue weighted by Gasteiger charge is -2.08. The second kappa shape index (κ2) is 8.72. The molecule has 0 saturated carbocycles. The minimum absolute atomic E-state index is 0.00625. The third-order valence-corrected chi connectivity index (χ3v) is 2.01. The first-order chi connectivity index (χ1) is 7.02. The molecule has 0 atom stereocenters. The number of nitrogens with one attached hydrogen (secondary N) is 1. The van der Waals surface area contributed by atoms with Crippen molar-refractivity contribution in [1.29, 1.82) is 0 Å². The van der Waals surface area contributed by atoms with Gasteiger partial charge in [-0.1, -0.05) is 27.7 Å². The second-order valence-electron chi connectivity index (χ2n) is 4.79. The Bertz CT molecular complexity index is 167. The maximum atomic E-state index is 11.2. The van der Waals surface area contributed by atoms with E-state index in [2.05, 4.69) is 33.0 Å². The van der Waals surface area contributed by atoms with Gasteiger partial charge in [-0.3, -0.25) is 4.79 Å². The van der Waals surface area contributed by atoms with Gasteiger partial charge in [0.25, 0.3) is 0 Å². The summed E-state index contributed by atoms with van der Waals surface area (Å²) < 4.78 is 5.27. The van der Waals surface area contributed by atoms with E-state index >= 15 is 0 Å². The first-order valence-electron chi connectivity index (χ1n) is 5.86. The first kappa shape index (κ1) is 14.4. The van der Waals surface area contributed by atoms with Crippen LogP contribution < -0.4 is 5.32 Å². The molecule has 90 valence electrons. The molecular formula is C12H25NO2. The molecule has 0 unspecified atom stereocenters. The van der Waals surface area contributed by atoms with E-state index in [4.69, 9.17) is 4.74 Å². The third-order valence-electron chi connectivity index (χ3n) is 2.01. The van der Waals surface area contributed by atoms with Gasteiger partial charge in [0.2, 0.25) is 5.91 Å². The molecule has 0 radical (unpaired) electrons. The van der Waals surface area contributed by atoms with Crippen molar-refractivity contribution < 1.29 is 9.53 Å². The summed E-state index contributed by atoms with van der Waals surface area (Å²) in [5, 5.41) is 2.82. The summed E-state index contributed by atoms with van der Waals surface area (Å²) in [6.45, 7) is 10.1. The van der Waals surface area contributed by atoms with Crippen LogP contribution in [0.3, 0.4) is 0 Å². The van der Waals surface area contributed by atoms with Gasteiger partial charge in [0.15, 0.2) is 0 Å². The monoisotopic (exact) mass is 215 g/mol. The zero-order valence-corrected chi connectivity index (χ0v) is 10.5. The van der Waals surface area contributed by atoms with Crippen LogP contribution >= 0.6 is 0 Å². The SMILES string of the molecule is CC(C)CCCOCC(=O)NCC(C)C. The largest absolute Gasteiger partial charge is 0.372 e. The minimum Gasteiger partial charge on any atom is -0.372 e. The number of amides is 1. The Balaban J connectivity index is 3.24. The Morgan fingerprint density at radius 2 is 1.87 bits per heavy atom. The molecule has 0 aliphatic rings. The van der Waals surface area contributed by atoms with E-state index < -0.39 is 0 Å². The molecule has 0 aromatic carbocycles. The average Bonchev–Trinajstić information content (AvgIpc) is 2.13. The standard InChI is InChI=1S/C12H25NO2/c1-10(2)6-5-7-15-9-12(14)13-8-11(3)4/h10-11H,5-9H2,1-4H3,(H,13,14). The molecule has 1 amide bonds. The van der Waals surface area contributed by atoms with Crippen LogP contribution in [-0.4, -0.2) is 25.7 Å². The highest BCUT2D eigenvalue weighted by Crippen LogP contribution is 2.02. The summed E-state index contributed by atoms with van der Waals surface area (Å²) >= 11 is 0. The van der Waals surface area contributed by atoms with Gasteiger partial charge in [-0.25, -0.2) is 0 Å². The Hall–Kier alpha value is -0.570. The zero-order chi connectivity index (χ0) is 11.7. The summed E-state index contributed by atoms with van der Waals surface area (Å²) in [5.41, 5.74) is 0. The van der Waals surface area contributed by atoms with Crippen LogP contribution in [0, 0.1) is 11.8 Å². The molecule has 3 nitrogen and oxygen atoms in total. The summed E-state index contributed by atoms with van der Waals surface area (Å²) in [4.78, 5) is 11.2. The van der Waals surface area contributed by atoms with E-state index in [0.717, 1.165) is 19.4 Å². The van der Waals surface area contributed by atoms with Gasteiger partial charge in [0.1, 0.15) is 6.61 Å². The molecule has 0 aliphatic heterocycles. The molecule has 0 spiro atoms. The van der Waals surface area contributed by atoms with Gasteiger partial charge in [-0.05, 0) is 24.7 Å². The molecule has 0 saturated heterocycles. The van der Waals surface area contributed by atoms with Crippen LogP contribution in [0.1, 0.15) is 40.5 Å². The lowest BCUT2D eigenvalue weighted by atomic mass is 10.1. The number of carbonyl (C=O) groups excluding carboxylic acids is 1. The number of ether oxygens (including phenoxy) is 1. The maximum absolute atomic E-state index is 11.2. The second-order valence-corrected chi connectivity index (χ2v) is 4.79. The Kier molecular flexibility index (Phi) is 8.38. The third kappa shape index (κ3) is 11.4. The van der Waals surface area contributed by atoms with Gasteiger partial charge in [0.05, 0.1) is 0 Å². The van der Waals surface area contributed by atoms with Crippen LogP contribution in [-0.2, 0) is 9.53 Å². The molecular weight excluding hydrogens is 190 g/mol. The fraction of sp³-hybridized carbons (Fsp3) is 0.917. The van der Waals surface area contributed by atoms with Gasteiger partial charge in [0, 0.05) is 13.2 Å². The maximum Gasteiger partial charge on any atom is 0.246 e. The lowest BCUT2D eigenvalue weighted by molar-refractivity contribution is -0.125. The van der Waals surface area contributed by atoms with Gasteiger partial charge < -0.3 is 10.1 Å². The van der Waals surface area contributed by atoms with Gasteiger partial charge >= 0.3 is 0 Å². The Morgan fingerprint density at radius 3 is 2.40 bits per heavy atom. The summed E-state index contributed by atoms with van der Waals surface area (Å²) in [6, 6.07) is 0. The lowest BCUT2D eigenvalue weighted by Crippen LogP contribution is -2.30. The Labute approximate surface area is 93.6 Å². The van der Waals surface area contributed by atoms with E-state index in [1.165, 1.54) is 0 Å². The number of hydrogen-bond acceptors (Lipinski definition) is 2. The van der Waals surface area contributed by atoms with Crippen molar-refractivity contribution in [2.24, 2.45) is 11.8 Å². The molecule has 15 heavy (non-hydrogen) atoms. The highest BCUT2D eigenvalue weighted by Gasteiger charge is 2.02. The predicted octanol–water partition coefficient (Wildman–Crippen LogP) is 2.21. The normalized spacial score (nSPS) is 11.1. The van der Waals surface area contributed by atoms with E-state index in [1.54, 1.807) is 0 Å². The van der Waals surface area contributed by atoms with Crippen molar-refractivity contribution in [2.75, 3.05) is 19.8 Å².